The van der Waals surface area contributed by atoms with Gasteiger partial charge in [0.15, 0.2) is 0 Å². The average Bonchev–Trinajstić information content (AvgIpc) is 1.65. The van der Waals surface area contributed by atoms with Crippen LogP contribution in [0.25, 0.3) is 0 Å². The van der Waals surface area contributed by atoms with Crippen LogP contribution in [0.2, 0.25) is 0 Å². The minimum Gasteiger partial charge on any atom is -0.478 e. The third kappa shape index (κ3) is 1.79. The molecule has 0 aliphatic rings. The number of alkyl halides is 1. The molecule has 0 saturated heterocycles. The van der Waals surface area contributed by atoms with Crippen molar-refractivity contribution in [2.24, 2.45) is 0 Å². The van der Waals surface area contributed by atoms with E-state index in [4.69, 9.17) is 15.3 Å². The predicted octanol–water partition coefficient (Wildman–Crippen LogP) is -0.721. The fourth-order valence-electron chi connectivity index (χ4n) is 0.0915. The fraction of sp³-hybridized carbons (Fsp3) is 0.333. The van der Waals surface area contributed by atoms with Gasteiger partial charge in [-0.1, -0.05) is 0 Å². The Hall–Kier alpha value is -0.370. The van der Waals surface area contributed by atoms with Crippen LogP contribution in [0.1, 0.15) is 0 Å². The Bertz CT molecular complexity index is 134. The topological polar surface area (TPSA) is 94.8 Å². The second-order valence-corrected chi connectivity index (χ2v) is 2.79. The number of aliphatic hydroxyl groups is 1. The van der Waals surface area contributed by atoms with Gasteiger partial charge in [0.2, 0.25) is 0 Å². The Morgan fingerprint density at radius 1 is 1.22 bits per heavy atom. The van der Waals surface area contributed by atoms with E-state index in [0.717, 1.165) is 22.6 Å². The molecular formula is C3H3IO5. The maximum Gasteiger partial charge on any atom is 0.358 e. The molecule has 0 saturated carbocycles. The summed E-state index contributed by atoms with van der Waals surface area (Å²) in [7, 11) is 0. The van der Waals surface area contributed by atoms with Gasteiger partial charge in [-0.15, -0.1) is 0 Å². The molecule has 0 amide bonds. The van der Waals surface area contributed by atoms with Crippen LogP contribution in [0, 0.1) is 0 Å². The van der Waals surface area contributed by atoms with Crippen molar-refractivity contribution < 1.29 is 24.9 Å². The molecule has 0 spiro atoms. The van der Waals surface area contributed by atoms with Crippen LogP contribution in [-0.2, 0) is 9.59 Å². The maximum absolute atomic E-state index is 9.82. The van der Waals surface area contributed by atoms with Crippen molar-refractivity contribution in [1.82, 2.24) is 0 Å². The Labute approximate surface area is 63.4 Å². The molecule has 9 heavy (non-hydrogen) atoms. The molecule has 0 aromatic carbocycles. The summed E-state index contributed by atoms with van der Waals surface area (Å²) in [5.41, 5.74) is 0. The van der Waals surface area contributed by atoms with Gasteiger partial charge in [0.25, 0.3) is 0 Å². The quantitative estimate of drug-likeness (QED) is 0.339. The van der Waals surface area contributed by atoms with E-state index in [1.165, 1.54) is 0 Å². The number of halogens is 1. The fourth-order valence-corrected chi connectivity index (χ4v) is 0.0915. The summed E-state index contributed by atoms with van der Waals surface area (Å²) >= 11 is 0.912. The molecule has 0 unspecified atom stereocenters. The second kappa shape index (κ2) is 2.48. The number of carbonyl (C=O) groups is 2. The first-order chi connectivity index (χ1) is 3.89. The van der Waals surface area contributed by atoms with E-state index >= 15 is 0 Å². The van der Waals surface area contributed by atoms with Crippen molar-refractivity contribution >= 4 is 34.5 Å². The first-order valence-corrected chi connectivity index (χ1v) is 2.85. The SMILES string of the molecule is O=C(O)C(O)(I)C(=O)O. The predicted molar refractivity (Wildman–Crippen MR) is 34.2 cm³/mol. The summed E-state index contributed by atoms with van der Waals surface area (Å²) in [6.07, 6.45) is 0. The molecule has 0 heterocycles. The van der Waals surface area contributed by atoms with E-state index in [9.17, 15) is 9.59 Å². The van der Waals surface area contributed by atoms with Crippen LogP contribution < -0.4 is 0 Å². The van der Waals surface area contributed by atoms with Crippen LogP contribution in [0.5, 0.6) is 0 Å². The summed E-state index contributed by atoms with van der Waals surface area (Å²) in [5.74, 6) is -3.56. The summed E-state index contributed by atoms with van der Waals surface area (Å²) in [5, 5.41) is 24.4. The summed E-state index contributed by atoms with van der Waals surface area (Å²) in [6, 6.07) is 0. The lowest BCUT2D eigenvalue weighted by atomic mass is 10.4. The highest BCUT2D eigenvalue weighted by atomic mass is 127. The number of carboxylic acids is 2. The standard InChI is InChI=1S/C3H3IO5/c4-3(9,1(5)6)2(7)8/h9H,(H,5,6)(H,7,8). The zero-order valence-electron chi connectivity index (χ0n) is 4.04. The molecule has 5 nitrogen and oxygen atoms in total. The monoisotopic (exact) mass is 246 g/mol. The Kier molecular flexibility index (Phi) is 2.38. The Morgan fingerprint density at radius 2 is 1.44 bits per heavy atom. The van der Waals surface area contributed by atoms with Gasteiger partial charge in [-0.05, 0) is 22.6 Å². The van der Waals surface area contributed by atoms with Crippen molar-refractivity contribution in [1.29, 1.82) is 0 Å². The van der Waals surface area contributed by atoms with E-state index < -0.39 is 15.5 Å². The number of hydrogen-bond donors (Lipinski definition) is 3. The van der Waals surface area contributed by atoms with Crippen molar-refractivity contribution in [3.05, 3.63) is 0 Å². The lowest BCUT2D eigenvalue weighted by Gasteiger charge is -2.07. The minimum atomic E-state index is -2.70. The lowest BCUT2D eigenvalue weighted by Crippen LogP contribution is -2.39. The van der Waals surface area contributed by atoms with Crippen LogP contribution in [0.4, 0.5) is 0 Å². The summed E-state index contributed by atoms with van der Waals surface area (Å²) in [4.78, 5) is 19.6. The zero-order chi connectivity index (χ0) is 7.65. The molecule has 3 N–H and O–H groups in total. The molecule has 6 heteroatoms. The van der Waals surface area contributed by atoms with Gasteiger partial charge in [0, 0.05) is 0 Å². The number of hydrogen-bond acceptors (Lipinski definition) is 3. The van der Waals surface area contributed by atoms with Crippen molar-refractivity contribution in [3.63, 3.8) is 0 Å². The third-order valence-corrected chi connectivity index (χ3v) is 1.49. The first-order valence-electron chi connectivity index (χ1n) is 1.77. The highest BCUT2D eigenvalue weighted by molar-refractivity contribution is 14.1. The van der Waals surface area contributed by atoms with Crippen LogP contribution in [-0.4, -0.2) is 30.9 Å². The molecule has 0 aromatic rings. The summed E-state index contributed by atoms with van der Waals surface area (Å²) in [6.45, 7) is 0. The average molecular weight is 246 g/mol. The van der Waals surface area contributed by atoms with E-state index in [1.54, 1.807) is 0 Å². The Balaban J connectivity index is 4.38. The van der Waals surface area contributed by atoms with Crippen molar-refractivity contribution in [2.45, 2.75) is 3.61 Å². The van der Waals surface area contributed by atoms with Gasteiger partial charge in [-0.25, -0.2) is 9.59 Å². The molecule has 0 atom stereocenters. The number of rotatable bonds is 2. The molecule has 0 fully saturated rings. The maximum atomic E-state index is 9.82. The van der Waals surface area contributed by atoms with Crippen LogP contribution >= 0.6 is 22.6 Å². The molecular weight excluding hydrogens is 243 g/mol. The zero-order valence-corrected chi connectivity index (χ0v) is 6.19. The van der Waals surface area contributed by atoms with E-state index in [2.05, 4.69) is 0 Å². The van der Waals surface area contributed by atoms with Gasteiger partial charge in [-0.3, -0.25) is 0 Å². The number of aliphatic carboxylic acids is 2. The van der Waals surface area contributed by atoms with Gasteiger partial charge >= 0.3 is 15.5 Å². The molecule has 0 aromatic heterocycles. The van der Waals surface area contributed by atoms with Crippen LogP contribution in [0.15, 0.2) is 0 Å². The lowest BCUT2D eigenvalue weighted by molar-refractivity contribution is -0.162. The van der Waals surface area contributed by atoms with Gasteiger partial charge in [0.05, 0.1) is 0 Å². The highest BCUT2D eigenvalue weighted by Gasteiger charge is 2.41. The van der Waals surface area contributed by atoms with E-state index in [0.29, 0.717) is 0 Å². The molecule has 0 aliphatic heterocycles. The van der Waals surface area contributed by atoms with Crippen LogP contribution in [0.3, 0.4) is 0 Å². The van der Waals surface area contributed by atoms with Gasteiger partial charge in [-0.2, -0.15) is 0 Å². The molecule has 0 bridgehead atoms. The minimum absolute atomic E-state index is 0.912. The molecule has 52 valence electrons. The highest BCUT2D eigenvalue weighted by Crippen LogP contribution is 2.14. The largest absolute Gasteiger partial charge is 0.478 e. The van der Waals surface area contributed by atoms with Gasteiger partial charge < -0.3 is 15.3 Å². The normalized spacial score (nSPS) is 10.9. The molecule has 0 rings (SSSR count). The molecule has 0 radical (unpaired) electrons. The van der Waals surface area contributed by atoms with Gasteiger partial charge in [0.1, 0.15) is 0 Å². The smallest absolute Gasteiger partial charge is 0.358 e. The molecule has 0 aliphatic carbocycles. The van der Waals surface area contributed by atoms with Crippen molar-refractivity contribution in [3.8, 4) is 0 Å². The van der Waals surface area contributed by atoms with E-state index in [-0.39, 0.29) is 0 Å². The van der Waals surface area contributed by atoms with Crippen molar-refractivity contribution in [2.75, 3.05) is 0 Å². The van der Waals surface area contributed by atoms with E-state index in [1.807, 2.05) is 0 Å². The first kappa shape index (κ1) is 8.63. The Morgan fingerprint density at radius 3 is 1.44 bits per heavy atom. The summed E-state index contributed by atoms with van der Waals surface area (Å²) < 4.78 is -2.70. The number of carboxylic acid groups (broad SMARTS) is 2. The third-order valence-electron chi connectivity index (χ3n) is 0.567. The second-order valence-electron chi connectivity index (χ2n) is 1.23.